The lowest BCUT2D eigenvalue weighted by molar-refractivity contribution is -0.113. The molecule has 0 atom stereocenters. The highest BCUT2D eigenvalue weighted by molar-refractivity contribution is 7.99. The summed E-state index contributed by atoms with van der Waals surface area (Å²) in [5.41, 5.74) is 4.46. The number of benzene rings is 3. The summed E-state index contributed by atoms with van der Waals surface area (Å²) >= 11 is 1.34. The normalized spacial score (nSPS) is 10.9. The van der Waals surface area contributed by atoms with Crippen molar-refractivity contribution in [1.82, 2.24) is 19.7 Å². The lowest BCUT2D eigenvalue weighted by atomic mass is 10.0. The quantitative estimate of drug-likeness (QED) is 0.273. The van der Waals surface area contributed by atoms with E-state index < -0.39 is 0 Å². The fourth-order valence-electron chi connectivity index (χ4n) is 3.92. The van der Waals surface area contributed by atoms with Gasteiger partial charge in [-0.25, -0.2) is 4.98 Å². The molecule has 7 nitrogen and oxygen atoms in total. The van der Waals surface area contributed by atoms with E-state index in [4.69, 9.17) is 9.72 Å². The maximum absolute atomic E-state index is 12.5. The number of hydrogen-bond acceptors (Lipinski definition) is 6. The molecule has 8 heteroatoms. The van der Waals surface area contributed by atoms with Crippen molar-refractivity contribution >= 4 is 34.3 Å². The van der Waals surface area contributed by atoms with Gasteiger partial charge < -0.3 is 14.6 Å². The zero-order chi connectivity index (χ0) is 24.9. The minimum atomic E-state index is -0.116. The summed E-state index contributed by atoms with van der Waals surface area (Å²) in [4.78, 5) is 17.4. The molecule has 1 N–H and O–H groups in total. The van der Waals surface area contributed by atoms with Gasteiger partial charge in [0, 0.05) is 29.2 Å². The fraction of sp³-hybridized carbons (Fsp3) is 0.143. The van der Waals surface area contributed by atoms with E-state index in [0.29, 0.717) is 11.8 Å². The number of fused-ring (bicyclic) bond motifs is 1. The molecule has 0 aliphatic carbocycles. The van der Waals surface area contributed by atoms with Crippen molar-refractivity contribution in [3.63, 3.8) is 0 Å². The first-order valence-corrected chi connectivity index (χ1v) is 12.6. The van der Waals surface area contributed by atoms with Gasteiger partial charge in [0.2, 0.25) is 5.91 Å². The number of thioether (sulfide) groups is 1. The minimum Gasteiger partial charge on any atom is -0.494 e. The first-order valence-electron chi connectivity index (χ1n) is 11.6. The number of ether oxygens (including phenoxy) is 1. The zero-order valence-electron chi connectivity index (χ0n) is 20.0. The van der Waals surface area contributed by atoms with Crippen LogP contribution in [0.1, 0.15) is 6.92 Å². The number of nitrogens with zero attached hydrogens (tertiary/aromatic N) is 4. The lowest BCUT2D eigenvalue weighted by Crippen LogP contribution is -2.14. The topological polar surface area (TPSA) is 81.9 Å². The van der Waals surface area contributed by atoms with Crippen LogP contribution in [0.2, 0.25) is 0 Å². The van der Waals surface area contributed by atoms with E-state index in [0.717, 1.165) is 45.0 Å². The van der Waals surface area contributed by atoms with Crippen molar-refractivity contribution in [2.45, 2.75) is 12.1 Å². The van der Waals surface area contributed by atoms with Gasteiger partial charge in [0.25, 0.3) is 0 Å². The van der Waals surface area contributed by atoms with Crippen molar-refractivity contribution in [1.29, 1.82) is 0 Å². The second-order valence-corrected chi connectivity index (χ2v) is 9.04. The fourth-order valence-corrected chi connectivity index (χ4v) is 4.63. The Labute approximate surface area is 213 Å². The third kappa shape index (κ3) is 5.08. The molecule has 0 saturated carbocycles. The van der Waals surface area contributed by atoms with E-state index >= 15 is 0 Å². The average molecular weight is 496 g/mol. The van der Waals surface area contributed by atoms with Crippen LogP contribution in [0.25, 0.3) is 33.5 Å². The number of pyridine rings is 1. The third-order valence-electron chi connectivity index (χ3n) is 5.64. The molecule has 5 aromatic rings. The smallest absolute Gasteiger partial charge is 0.234 e. The predicted octanol–water partition coefficient (Wildman–Crippen LogP) is 5.83. The van der Waals surface area contributed by atoms with Crippen molar-refractivity contribution in [3.05, 3.63) is 84.9 Å². The SMILES string of the molecule is CCOc1ccc(NC(=O)CSc2nnc(-c3cc(-c4ccccc4)nc4ccccc34)n2C)cc1. The van der Waals surface area contributed by atoms with Crippen LogP contribution in [0.5, 0.6) is 5.75 Å². The van der Waals surface area contributed by atoms with Crippen LogP contribution in [0.4, 0.5) is 5.69 Å². The van der Waals surface area contributed by atoms with Gasteiger partial charge >= 0.3 is 0 Å². The number of nitrogens with one attached hydrogen (secondary N) is 1. The van der Waals surface area contributed by atoms with Crippen LogP contribution in [-0.4, -0.2) is 38.0 Å². The van der Waals surface area contributed by atoms with E-state index in [1.165, 1.54) is 11.8 Å². The van der Waals surface area contributed by atoms with Crippen molar-refractivity contribution < 1.29 is 9.53 Å². The molecule has 0 fully saturated rings. The first kappa shape index (κ1) is 23.6. The van der Waals surface area contributed by atoms with E-state index in [2.05, 4.69) is 21.6 Å². The second-order valence-electron chi connectivity index (χ2n) is 8.10. The van der Waals surface area contributed by atoms with Crippen molar-refractivity contribution in [2.75, 3.05) is 17.7 Å². The zero-order valence-corrected chi connectivity index (χ0v) is 20.8. The Bertz CT molecular complexity index is 1500. The number of aromatic nitrogens is 4. The van der Waals surface area contributed by atoms with Crippen LogP contribution in [0.3, 0.4) is 0 Å². The Hall–Kier alpha value is -4.17. The molecule has 0 unspecified atom stereocenters. The van der Waals surface area contributed by atoms with Gasteiger partial charge in [0.05, 0.1) is 23.6 Å². The molecule has 180 valence electrons. The summed E-state index contributed by atoms with van der Waals surface area (Å²) in [6.45, 7) is 2.54. The van der Waals surface area contributed by atoms with Gasteiger partial charge in [0.1, 0.15) is 5.75 Å². The Morgan fingerprint density at radius 2 is 1.72 bits per heavy atom. The number of carbonyl (C=O) groups is 1. The highest BCUT2D eigenvalue weighted by Gasteiger charge is 2.17. The Kier molecular flexibility index (Phi) is 6.95. The van der Waals surface area contributed by atoms with Crippen LogP contribution in [-0.2, 0) is 11.8 Å². The van der Waals surface area contributed by atoms with Crippen molar-refractivity contribution in [3.8, 4) is 28.4 Å². The molecular weight excluding hydrogens is 470 g/mol. The second kappa shape index (κ2) is 10.6. The Morgan fingerprint density at radius 3 is 2.50 bits per heavy atom. The third-order valence-corrected chi connectivity index (χ3v) is 6.66. The van der Waals surface area contributed by atoms with E-state index in [-0.39, 0.29) is 11.7 Å². The predicted molar refractivity (Wildman–Crippen MR) is 144 cm³/mol. The van der Waals surface area contributed by atoms with Gasteiger partial charge in [-0.3, -0.25) is 4.79 Å². The van der Waals surface area contributed by atoms with Gasteiger partial charge in [-0.15, -0.1) is 10.2 Å². The lowest BCUT2D eigenvalue weighted by Gasteiger charge is -2.10. The van der Waals surface area contributed by atoms with Gasteiger partial charge in [-0.05, 0) is 43.3 Å². The van der Waals surface area contributed by atoms with Gasteiger partial charge in [-0.1, -0.05) is 60.3 Å². The molecule has 0 radical (unpaired) electrons. The van der Waals surface area contributed by atoms with Crippen LogP contribution in [0.15, 0.2) is 90.1 Å². The highest BCUT2D eigenvalue weighted by atomic mass is 32.2. The van der Waals surface area contributed by atoms with E-state index in [9.17, 15) is 4.79 Å². The average Bonchev–Trinajstić information content (AvgIpc) is 3.28. The molecule has 0 bridgehead atoms. The summed E-state index contributed by atoms with van der Waals surface area (Å²) in [5, 5.41) is 13.4. The Balaban J connectivity index is 1.36. The summed E-state index contributed by atoms with van der Waals surface area (Å²) < 4.78 is 7.37. The summed E-state index contributed by atoms with van der Waals surface area (Å²) in [6, 6.07) is 27.5. The van der Waals surface area contributed by atoms with Crippen LogP contribution < -0.4 is 10.1 Å². The first-order chi connectivity index (χ1) is 17.6. The van der Waals surface area contributed by atoms with Gasteiger partial charge in [0.15, 0.2) is 11.0 Å². The minimum absolute atomic E-state index is 0.116. The highest BCUT2D eigenvalue weighted by Crippen LogP contribution is 2.32. The molecule has 0 aliphatic rings. The van der Waals surface area contributed by atoms with E-state index in [1.54, 1.807) is 0 Å². The molecule has 0 aliphatic heterocycles. The van der Waals surface area contributed by atoms with Crippen LogP contribution >= 0.6 is 11.8 Å². The monoisotopic (exact) mass is 495 g/mol. The van der Waals surface area contributed by atoms with Gasteiger partial charge in [-0.2, -0.15) is 0 Å². The molecule has 0 saturated heterocycles. The summed E-state index contributed by atoms with van der Waals surface area (Å²) in [7, 11) is 1.92. The summed E-state index contributed by atoms with van der Waals surface area (Å²) in [6.07, 6.45) is 0. The number of hydrogen-bond donors (Lipinski definition) is 1. The molecule has 2 heterocycles. The van der Waals surface area contributed by atoms with Crippen molar-refractivity contribution in [2.24, 2.45) is 7.05 Å². The number of carbonyl (C=O) groups excluding carboxylic acids is 1. The summed E-state index contributed by atoms with van der Waals surface area (Å²) in [5.74, 6) is 1.59. The molecule has 1 amide bonds. The number of anilines is 1. The number of para-hydroxylation sites is 1. The maximum Gasteiger partial charge on any atom is 0.234 e. The van der Waals surface area contributed by atoms with Crippen LogP contribution in [0, 0.1) is 0 Å². The maximum atomic E-state index is 12.5. The molecular formula is C28H25N5O2S. The standard InChI is InChI=1S/C28H25N5O2S/c1-3-35-21-15-13-20(14-16-21)29-26(34)18-36-28-32-31-27(33(28)2)23-17-25(19-9-5-4-6-10-19)30-24-12-8-7-11-22(23)24/h4-17H,3,18H2,1-2H3,(H,29,34). The largest absolute Gasteiger partial charge is 0.494 e. The molecule has 3 aromatic carbocycles. The number of amides is 1. The molecule has 0 spiro atoms. The molecule has 2 aromatic heterocycles. The Morgan fingerprint density at radius 1 is 0.972 bits per heavy atom. The number of rotatable bonds is 8. The molecule has 5 rings (SSSR count). The van der Waals surface area contributed by atoms with E-state index in [1.807, 2.05) is 97.4 Å². The molecule has 36 heavy (non-hydrogen) atoms.